The van der Waals surface area contributed by atoms with E-state index in [2.05, 4.69) is 30.9 Å². The normalized spacial score (nSPS) is 18.1. The molecule has 0 atom stereocenters. The van der Waals surface area contributed by atoms with Gasteiger partial charge in [-0.15, -0.1) is 0 Å². The van der Waals surface area contributed by atoms with E-state index in [0.29, 0.717) is 19.4 Å². The molecule has 0 saturated carbocycles. The number of likely N-dealkylation sites (tertiary alicyclic amines) is 1. The molecule has 1 saturated heterocycles. The van der Waals surface area contributed by atoms with Crippen molar-refractivity contribution in [1.29, 1.82) is 0 Å². The van der Waals surface area contributed by atoms with Gasteiger partial charge in [0.2, 0.25) is 11.8 Å². The quantitative estimate of drug-likeness (QED) is 0.788. The molecule has 0 radical (unpaired) electrons. The minimum atomic E-state index is -0.0190. The second kappa shape index (κ2) is 4.93. The first-order valence-corrected chi connectivity index (χ1v) is 7.24. The molecule has 0 aromatic heterocycles. The van der Waals surface area contributed by atoms with E-state index in [-0.39, 0.29) is 11.8 Å². The van der Waals surface area contributed by atoms with E-state index in [4.69, 9.17) is 0 Å². The maximum atomic E-state index is 11.6. The summed E-state index contributed by atoms with van der Waals surface area (Å²) < 4.78 is 0. The summed E-state index contributed by atoms with van der Waals surface area (Å²) >= 11 is 0. The van der Waals surface area contributed by atoms with Crippen LogP contribution in [-0.2, 0) is 16.0 Å². The van der Waals surface area contributed by atoms with Crippen LogP contribution in [0.1, 0.15) is 29.5 Å². The van der Waals surface area contributed by atoms with E-state index in [1.165, 1.54) is 27.3 Å². The number of benzene rings is 1. The second-order valence-electron chi connectivity index (χ2n) is 5.74. The van der Waals surface area contributed by atoms with Crippen molar-refractivity contribution in [3.05, 3.63) is 28.8 Å². The number of carbonyl (C=O) groups excluding carboxylic acids is 2. The number of fused-ring (bicyclic) bond motifs is 1. The van der Waals surface area contributed by atoms with Crippen LogP contribution in [0.25, 0.3) is 0 Å². The molecule has 2 amide bonds. The summed E-state index contributed by atoms with van der Waals surface area (Å²) in [6.07, 6.45) is 1.82. The maximum absolute atomic E-state index is 11.6. The van der Waals surface area contributed by atoms with Gasteiger partial charge in [-0.1, -0.05) is 6.07 Å². The second-order valence-corrected chi connectivity index (χ2v) is 5.74. The fraction of sp³-hybridized carbons (Fsp3) is 0.500. The summed E-state index contributed by atoms with van der Waals surface area (Å²) in [5.41, 5.74) is 5.28. The fourth-order valence-corrected chi connectivity index (χ4v) is 3.06. The first-order valence-electron chi connectivity index (χ1n) is 7.24. The molecule has 3 rings (SSSR count). The van der Waals surface area contributed by atoms with Gasteiger partial charge in [-0.3, -0.25) is 14.5 Å². The number of nitrogens with zero attached hydrogens (tertiary/aromatic N) is 2. The third-order valence-electron chi connectivity index (χ3n) is 4.44. The lowest BCUT2D eigenvalue weighted by Crippen LogP contribution is -2.37. The lowest BCUT2D eigenvalue weighted by Gasteiger charge is -2.23. The first-order chi connectivity index (χ1) is 9.56. The summed E-state index contributed by atoms with van der Waals surface area (Å²) in [6.45, 7) is 6.50. The van der Waals surface area contributed by atoms with Crippen LogP contribution in [0, 0.1) is 13.8 Å². The minimum Gasteiger partial charge on any atom is -0.369 e. The van der Waals surface area contributed by atoms with Gasteiger partial charge in [-0.25, -0.2) is 0 Å². The smallest absolute Gasteiger partial charge is 0.229 e. The molecule has 2 aliphatic heterocycles. The Morgan fingerprint density at radius 1 is 0.950 bits per heavy atom. The fourth-order valence-electron chi connectivity index (χ4n) is 3.06. The molecule has 20 heavy (non-hydrogen) atoms. The minimum absolute atomic E-state index is 0.0190. The Labute approximate surface area is 119 Å². The lowest BCUT2D eigenvalue weighted by atomic mass is 10.0. The number of hydrogen-bond acceptors (Lipinski definition) is 3. The summed E-state index contributed by atoms with van der Waals surface area (Å²) in [7, 11) is 0. The molecule has 0 unspecified atom stereocenters. The van der Waals surface area contributed by atoms with Crippen LogP contribution in [0.3, 0.4) is 0 Å². The first kappa shape index (κ1) is 13.2. The van der Waals surface area contributed by atoms with Gasteiger partial charge in [0.05, 0.1) is 0 Å². The van der Waals surface area contributed by atoms with Crippen LogP contribution >= 0.6 is 0 Å². The predicted octanol–water partition coefficient (Wildman–Crippen LogP) is 1.81. The van der Waals surface area contributed by atoms with Crippen molar-refractivity contribution in [3.8, 4) is 0 Å². The third-order valence-corrected chi connectivity index (χ3v) is 4.44. The molecule has 4 heteroatoms. The number of hydrogen-bond donors (Lipinski definition) is 0. The van der Waals surface area contributed by atoms with Crippen molar-refractivity contribution in [3.63, 3.8) is 0 Å². The van der Waals surface area contributed by atoms with Gasteiger partial charge in [-0.2, -0.15) is 0 Å². The summed E-state index contributed by atoms with van der Waals surface area (Å²) in [5, 5.41) is 0. The number of amides is 2. The van der Waals surface area contributed by atoms with Gasteiger partial charge in [0.25, 0.3) is 0 Å². The molecule has 0 spiro atoms. The van der Waals surface area contributed by atoms with Crippen molar-refractivity contribution < 1.29 is 9.59 Å². The Balaban J connectivity index is 1.71. The summed E-state index contributed by atoms with van der Waals surface area (Å²) in [4.78, 5) is 26.9. The van der Waals surface area contributed by atoms with Crippen LogP contribution in [0.2, 0.25) is 0 Å². The van der Waals surface area contributed by atoms with E-state index in [0.717, 1.165) is 19.5 Å². The van der Waals surface area contributed by atoms with E-state index < -0.39 is 0 Å². The number of rotatable bonds is 3. The predicted molar refractivity (Wildman–Crippen MR) is 77.8 cm³/mol. The molecule has 0 N–H and O–H groups in total. The van der Waals surface area contributed by atoms with Crippen molar-refractivity contribution in [2.75, 3.05) is 24.5 Å². The van der Waals surface area contributed by atoms with Gasteiger partial charge >= 0.3 is 0 Å². The number of imide groups is 1. The monoisotopic (exact) mass is 272 g/mol. The van der Waals surface area contributed by atoms with Gasteiger partial charge in [0.15, 0.2) is 0 Å². The van der Waals surface area contributed by atoms with Crippen molar-refractivity contribution in [2.45, 2.75) is 33.1 Å². The molecule has 0 aliphatic carbocycles. The lowest BCUT2D eigenvalue weighted by molar-refractivity contribution is -0.138. The topological polar surface area (TPSA) is 40.6 Å². The molecule has 106 valence electrons. The van der Waals surface area contributed by atoms with Crippen LogP contribution in [0.15, 0.2) is 12.1 Å². The number of anilines is 1. The van der Waals surface area contributed by atoms with Crippen LogP contribution in [0.4, 0.5) is 5.69 Å². The SMILES string of the molecule is Cc1cc2c(cc1C)N(CCN1C(=O)CCC1=O)CC2. The van der Waals surface area contributed by atoms with E-state index in [1.54, 1.807) is 0 Å². The molecule has 2 heterocycles. The maximum Gasteiger partial charge on any atom is 0.229 e. The average molecular weight is 272 g/mol. The van der Waals surface area contributed by atoms with Crippen molar-refractivity contribution >= 4 is 17.5 Å². The zero-order chi connectivity index (χ0) is 14.3. The average Bonchev–Trinajstić information content (AvgIpc) is 2.93. The van der Waals surface area contributed by atoms with Crippen LogP contribution < -0.4 is 4.90 Å². The Kier molecular flexibility index (Phi) is 3.24. The van der Waals surface area contributed by atoms with Gasteiger partial charge < -0.3 is 4.90 Å². The molecular formula is C16H20N2O2. The highest BCUT2D eigenvalue weighted by Crippen LogP contribution is 2.30. The summed E-state index contributed by atoms with van der Waals surface area (Å²) in [6, 6.07) is 4.49. The Bertz CT molecular complexity index is 564. The van der Waals surface area contributed by atoms with Crippen LogP contribution in [0.5, 0.6) is 0 Å². The van der Waals surface area contributed by atoms with Gasteiger partial charge in [0.1, 0.15) is 0 Å². The number of aryl methyl sites for hydroxylation is 2. The largest absolute Gasteiger partial charge is 0.369 e. The van der Waals surface area contributed by atoms with E-state index in [1.807, 2.05) is 0 Å². The zero-order valence-electron chi connectivity index (χ0n) is 12.1. The van der Waals surface area contributed by atoms with Gasteiger partial charge in [-0.05, 0) is 43.0 Å². The third kappa shape index (κ3) is 2.19. The molecule has 2 aliphatic rings. The van der Waals surface area contributed by atoms with Crippen molar-refractivity contribution in [1.82, 2.24) is 4.90 Å². The Morgan fingerprint density at radius 3 is 2.30 bits per heavy atom. The molecule has 4 nitrogen and oxygen atoms in total. The Hall–Kier alpha value is -1.84. The molecular weight excluding hydrogens is 252 g/mol. The molecule has 1 aromatic rings. The van der Waals surface area contributed by atoms with Crippen LogP contribution in [-0.4, -0.2) is 36.3 Å². The van der Waals surface area contributed by atoms with Crippen molar-refractivity contribution in [2.24, 2.45) is 0 Å². The van der Waals surface area contributed by atoms with E-state index in [9.17, 15) is 9.59 Å². The van der Waals surface area contributed by atoms with Gasteiger partial charge in [0, 0.05) is 38.2 Å². The highest BCUT2D eigenvalue weighted by molar-refractivity contribution is 6.01. The molecule has 0 bridgehead atoms. The highest BCUT2D eigenvalue weighted by atomic mass is 16.2. The summed E-state index contributed by atoms with van der Waals surface area (Å²) in [5.74, 6) is -0.0379. The molecule has 1 aromatic carbocycles. The zero-order valence-corrected chi connectivity index (χ0v) is 12.1. The highest BCUT2D eigenvalue weighted by Gasteiger charge is 2.29. The Morgan fingerprint density at radius 2 is 1.60 bits per heavy atom. The van der Waals surface area contributed by atoms with E-state index >= 15 is 0 Å². The molecule has 1 fully saturated rings. The standard InChI is InChI=1S/C16H20N2O2/c1-11-9-13-5-6-17(14(13)10-12(11)2)7-8-18-15(19)3-4-16(18)20/h9-10H,3-8H2,1-2H3. The number of carbonyl (C=O) groups is 2.